The minimum Gasteiger partial charge on any atom is -0.324 e. The third-order valence-corrected chi connectivity index (χ3v) is 3.52. The molecule has 1 rings (SSSR count). The van der Waals surface area contributed by atoms with E-state index in [1.54, 1.807) is 24.3 Å². The van der Waals surface area contributed by atoms with Gasteiger partial charge in [-0.3, -0.25) is 4.57 Å². The summed E-state index contributed by atoms with van der Waals surface area (Å²) in [7, 11) is -4.01. The van der Waals surface area contributed by atoms with E-state index in [1.165, 1.54) is 0 Å². The molecule has 0 fully saturated rings. The fraction of sp³-hybridized carbons (Fsp3) is 0.400. The fourth-order valence-electron chi connectivity index (χ4n) is 1.48. The lowest BCUT2D eigenvalue weighted by Gasteiger charge is -2.17. The van der Waals surface area contributed by atoms with Gasteiger partial charge in [-0.15, -0.1) is 0 Å². The molecule has 1 atom stereocenters. The van der Waals surface area contributed by atoms with Crippen LogP contribution in [0.4, 0.5) is 0 Å². The quantitative estimate of drug-likeness (QED) is 0.757. The van der Waals surface area contributed by atoms with E-state index in [0.29, 0.717) is 6.42 Å². The van der Waals surface area contributed by atoms with E-state index in [-0.39, 0.29) is 0 Å². The molecular weight excluding hydrogens is 199 g/mol. The third kappa shape index (κ3) is 2.95. The maximum absolute atomic E-state index is 11.2. The van der Waals surface area contributed by atoms with Crippen molar-refractivity contribution in [3.05, 3.63) is 35.9 Å². The van der Waals surface area contributed by atoms with E-state index >= 15 is 0 Å². The Morgan fingerprint density at radius 2 is 1.86 bits per heavy atom. The van der Waals surface area contributed by atoms with Crippen molar-refractivity contribution in [1.29, 1.82) is 0 Å². The molecule has 0 saturated heterocycles. The molecule has 0 spiro atoms. The molecule has 0 aromatic heterocycles. The van der Waals surface area contributed by atoms with Crippen molar-refractivity contribution < 1.29 is 14.4 Å². The molecule has 0 radical (unpaired) electrons. The Kier molecular flexibility index (Phi) is 3.87. The minimum absolute atomic E-state index is 0.522. The molecule has 0 saturated carbocycles. The third-order valence-electron chi connectivity index (χ3n) is 2.15. The average Bonchev–Trinajstić information content (AvgIpc) is 2.14. The van der Waals surface area contributed by atoms with Gasteiger partial charge < -0.3 is 9.79 Å². The van der Waals surface area contributed by atoms with Crippen LogP contribution in [-0.4, -0.2) is 9.79 Å². The van der Waals surface area contributed by atoms with Crippen molar-refractivity contribution in [2.24, 2.45) is 0 Å². The van der Waals surface area contributed by atoms with Crippen LogP contribution < -0.4 is 0 Å². The minimum atomic E-state index is -4.01. The Morgan fingerprint density at radius 1 is 1.29 bits per heavy atom. The van der Waals surface area contributed by atoms with Crippen LogP contribution in [0, 0.1) is 0 Å². The van der Waals surface area contributed by atoms with Gasteiger partial charge in [0.2, 0.25) is 0 Å². The largest absolute Gasteiger partial charge is 0.332 e. The maximum Gasteiger partial charge on any atom is 0.332 e. The van der Waals surface area contributed by atoms with Crippen LogP contribution >= 0.6 is 7.60 Å². The first-order chi connectivity index (χ1) is 6.55. The number of benzene rings is 1. The molecule has 0 heterocycles. The molecule has 1 aromatic carbocycles. The molecule has 0 amide bonds. The maximum atomic E-state index is 11.2. The first kappa shape index (κ1) is 11.4. The summed E-state index contributed by atoms with van der Waals surface area (Å²) in [6.07, 6.45) is 1.29. The summed E-state index contributed by atoms with van der Waals surface area (Å²) in [4.78, 5) is 18.3. The van der Waals surface area contributed by atoms with E-state index in [0.717, 1.165) is 12.0 Å². The van der Waals surface area contributed by atoms with Crippen LogP contribution in [0.3, 0.4) is 0 Å². The Balaban J connectivity index is 2.95. The molecule has 1 aromatic rings. The number of hydrogen-bond donors (Lipinski definition) is 2. The van der Waals surface area contributed by atoms with Gasteiger partial charge in [-0.2, -0.15) is 0 Å². The van der Waals surface area contributed by atoms with Crippen LogP contribution in [0.1, 0.15) is 31.0 Å². The summed E-state index contributed by atoms with van der Waals surface area (Å²) >= 11 is 0. The molecule has 78 valence electrons. The van der Waals surface area contributed by atoms with E-state index < -0.39 is 13.3 Å². The van der Waals surface area contributed by atoms with Crippen LogP contribution in [0.25, 0.3) is 0 Å². The molecule has 3 nitrogen and oxygen atoms in total. The van der Waals surface area contributed by atoms with Crippen molar-refractivity contribution in [2.45, 2.75) is 25.4 Å². The topological polar surface area (TPSA) is 57.5 Å². The van der Waals surface area contributed by atoms with Gasteiger partial charge in [-0.1, -0.05) is 43.7 Å². The molecule has 2 N–H and O–H groups in total. The summed E-state index contributed by atoms with van der Waals surface area (Å²) in [5.41, 5.74) is 0.0800. The van der Waals surface area contributed by atoms with Crippen LogP contribution in [0.15, 0.2) is 30.3 Å². The second kappa shape index (κ2) is 4.74. The van der Waals surface area contributed by atoms with Gasteiger partial charge in [0, 0.05) is 0 Å². The zero-order valence-electron chi connectivity index (χ0n) is 8.13. The first-order valence-electron chi connectivity index (χ1n) is 4.66. The molecule has 4 heteroatoms. The highest BCUT2D eigenvalue weighted by atomic mass is 31.2. The molecule has 1 unspecified atom stereocenters. The van der Waals surface area contributed by atoms with Crippen molar-refractivity contribution >= 4 is 7.60 Å². The van der Waals surface area contributed by atoms with Crippen molar-refractivity contribution in [3.8, 4) is 0 Å². The standard InChI is InChI=1S/C10H15O3P/c1-2-6-10(14(11,12)13)9-7-4-3-5-8-9/h3-5,7-8,10H,2,6H2,1H3,(H2,11,12,13). The van der Waals surface area contributed by atoms with E-state index in [2.05, 4.69) is 0 Å². The van der Waals surface area contributed by atoms with Gasteiger partial charge >= 0.3 is 7.60 Å². The smallest absolute Gasteiger partial charge is 0.324 e. The predicted octanol–water partition coefficient (Wildman–Crippen LogP) is 2.71. The molecule has 0 bridgehead atoms. The molecule has 0 aliphatic heterocycles. The fourth-order valence-corrected chi connectivity index (χ4v) is 2.63. The van der Waals surface area contributed by atoms with Crippen LogP contribution in [0.5, 0.6) is 0 Å². The van der Waals surface area contributed by atoms with Gasteiger partial charge in [0.05, 0.1) is 5.66 Å². The summed E-state index contributed by atoms with van der Waals surface area (Å²) < 4.78 is 11.2. The predicted molar refractivity (Wildman–Crippen MR) is 56.1 cm³/mol. The number of rotatable bonds is 4. The van der Waals surface area contributed by atoms with E-state index in [1.807, 2.05) is 13.0 Å². The second-order valence-electron chi connectivity index (χ2n) is 3.30. The van der Waals surface area contributed by atoms with Gasteiger partial charge in [-0.05, 0) is 12.0 Å². The van der Waals surface area contributed by atoms with E-state index in [4.69, 9.17) is 0 Å². The van der Waals surface area contributed by atoms with Gasteiger partial charge in [0.1, 0.15) is 0 Å². The number of hydrogen-bond acceptors (Lipinski definition) is 1. The van der Waals surface area contributed by atoms with Crippen LogP contribution in [-0.2, 0) is 4.57 Å². The molecule has 0 aliphatic rings. The monoisotopic (exact) mass is 214 g/mol. The molecule has 0 aliphatic carbocycles. The zero-order valence-corrected chi connectivity index (χ0v) is 9.02. The van der Waals surface area contributed by atoms with Crippen molar-refractivity contribution in [2.75, 3.05) is 0 Å². The summed E-state index contributed by atoms with van der Waals surface area (Å²) in [5, 5.41) is 0. The van der Waals surface area contributed by atoms with Gasteiger partial charge in [-0.25, -0.2) is 0 Å². The van der Waals surface area contributed by atoms with Gasteiger partial charge in [0.15, 0.2) is 0 Å². The van der Waals surface area contributed by atoms with Crippen molar-refractivity contribution in [3.63, 3.8) is 0 Å². The Labute approximate surface area is 83.9 Å². The van der Waals surface area contributed by atoms with Crippen LogP contribution in [0.2, 0.25) is 0 Å². The SMILES string of the molecule is CCCC(c1ccccc1)P(=O)(O)O. The lowest BCUT2D eigenvalue weighted by Crippen LogP contribution is -1.99. The normalized spacial score (nSPS) is 13.9. The average molecular weight is 214 g/mol. The second-order valence-corrected chi connectivity index (χ2v) is 5.11. The summed E-state index contributed by atoms with van der Waals surface area (Å²) in [6, 6.07) is 8.96. The Morgan fingerprint density at radius 3 is 2.29 bits per heavy atom. The zero-order chi connectivity index (χ0) is 10.6. The molecular formula is C10H15O3P. The molecule has 14 heavy (non-hydrogen) atoms. The lowest BCUT2D eigenvalue weighted by molar-refractivity contribution is 0.355. The van der Waals surface area contributed by atoms with Crippen molar-refractivity contribution in [1.82, 2.24) is 0 Å². The summed E-state index contributed by atoms with van der Waals surface area (Å²) in [6.45, 7) is 1.92. The Bertz CT molecular complexity index is 317. The highest BCUT2D eigenvalue weighted by Crippen LogP contribution is 2.53. The highest BCUT2D eigenvalue weighted by Gasteiger charge is 2.28. The summed E-state index contributed by atoms with van der Waals surface area (Å²) in [5.74, 6) is 0. The highest BCUT2D eigenvalue weighted by molar-refractivity contribution is 7.52. The Hall–Kier alpha value is -0.630. The first-order valence-corrected chi connectivity index (χ1v) is 6.34. The van der Waals surface area contributed by atoms with Gasteiger partial charge in [0.25, 0.3) is 0 Å². The van der Waals surface area contributed by atoms with E-state index in [9.17, 15) is 14.4 Å². The lowest BCUT2D eigenvalue weighted by atomic mass is 10.1.